The molecule has 0 aliphatic rings. The van der Waals surface area contributed by atoms with Gasteiger partial charge in [-0.2, -0.15) is 0 Å². The predicted molar refractivity (Wildman–Crippen MR) is 48.4 cm³/mol. The number of aliphatic hydroxyl groups is 1. The summed E-state index contributed by atoms with van der Waals surface area (Å²) in [6.45, 7) is 1.60. The van der Waals surface area contributed by atoms with Gasteiger partial charge in [-0.05, 0) is 19.1 Å². The molecule has 0 unspecified atom stereocenters. The summed E-state index contributed by atoms with van der Waals surface area (Å²) in [5, 5.41) is 8.87. The number of rotatable bonds is 3. The Hall–Kier alpha value is -1.35. The van der Waals surface area contributed by atoms with Crippen LogP contribution in [0.5, 0.6) is 0 Å². The minimum Gasteiger partial charge on any atom is -0.459 e. The lowest BCUT2D eigenvalue weighted by atomic mass is 10.2. The Labute approximate surface area is 77.0 Å². The fourth-order valence-corrected chi connectivity index (χ4v) is 0.854. The second-order valence-corrected chi connectivity index (χ2v) is 2.81. The van der Waals surface area contributed by atoms with E-state index in [2.05, 4.69) is 0 Å². The zero-order valence-electron chi connectivity index (χ0n) is 7.43. The molecule has 0 spiro atoms. The molecule has 1 aromatic rings. The van der Waals surface area contributed by atoms with Crippen molar-refractivity contribution in [2.45, 2.75) is 13.0 Å². The average molecular weight is 180 g/mol. The third kappa shape index (κ3) is 3.25. The number of aliphatic hydroxyl groups excluding tert-OH is 1. The molecule has 0 amide bonds. The van der Waals surface area contributed by atoms with Crippen molar-refractivity contribution in [3.05, 3.63) is 35.9 Å². The van der Waals surface area contributed by atoms with E-state index < -0.39 is 12.1 Å². The lowest BCUT2D eigenvalue weighted by molar-refractivity contribution is 0.0296. The van der Waals surface area contributed by atoms with Gasteiger partial charge >= 0.3 is 5.97 Å². The molecular formula is C10H12O3. The summed E-state index contributed by atoms with van der Waals surface area (Å²) in [5.74, 6) is -0.401. The monoisotopic (exact) mass is 180 g/mol. The van der Waals surface area contributed by atoms with E-state index in [0.717, 1.165) is 0 Å². The first-order valence-electron chi connectivity index (χ1n) is 4.10. The van der Waals surface area contributed by atoms with Crippen LogP contribution in [0.1, 0.15) is 17.3 Å². The summed E-state index contributed by atoms with van der Waals surface area (Å²) < 4.78 is 4.80. The van der Waals surface area contributed by atoms with Gasteiger partial charge in [-0.1, -0.05) is 18.2 Å². The summed E-state index contributed by atoms with van der Waals surface area (Å²) in [6.07, 6.45) is -0.618. The van der Waals surface area contributed by atoms with Crippen molar-refractivity contribution in [2.75, 3.05) is 6.61 Å². The Balaban J connectivity index is 2.50. The molecule has 1 N–H and O–H groups in total. The van der Waals surface area contributed by atoms with Crippen molar-refractivity contribution >= 4 is 5.97 Å². The normalized spacial score (nSPS) is 12.2. The molecule has 1 aromatic carbocycles. The summed E-state index contributed by atoms with van der Waals surface area (Å²) in [6, 6.07) is 8.69. The van der Waals surface area contributed by atoms with Crippen LogP contribution in [0.2, 0.25) is 0 Å². The predicted octanol–water partition coefficient (Wildman–Crippen LogP) is 1.22. The number of hydrogen-bond donors (Lipinski definition) is 1. The van der Waals surface area contributed by atoms with Crippen LogP contribution in [0, 0.1) is 0 Å². The first-order valence-corrected chi connectivity index (χ1v) is 4.10. The van der Waals surface area contributed by atoms with Gasteiger partial charge in [0.05, 0.1) is 11.7 Å². The summed E-state index contributed by atoms with van der Waals surface area (Å²) >= 11 is 0. The van der Waals surface area contributed by atoms with Crippen molar-refractivity contribution in [3.63, 3.8) is 0 Å². The fraction of sp³-hybridized carbons (Fsp3) is 0.300. The first kappa shape index (κ1) is 9.74. The Bertz CT molecular complexity index is 267. The highest BCUT2D eigenvalue weighted by atomic mass is 16.5. The van der Waals surface area contributed by atoms with E-state index in [1.54, 1.807) is 31.2 Å². The van der Waals surface area contributed by atoms with Crippen LogP contribution in [0.15, 0.2) is 30.3 Å². The maximum Gasteiger partial charge on any atom is 0.338 e. The average Bonchev–Trinajstić information content (AvgIpc) is 2.15. The molecule has 3 nitrogen and oxygen atoms in total. The highest BCUT2D eigenvalue weighted by Crippen LogP contribution is 2.01. The quantitative estimate of drug-likeness (QED) is 0.711. The van der Waals surface area contributed by atoms with Crippen molar-refractivity contribution in [1.82, 2.24) is 0 Å². The van der Waals surface area contributed by atoms with E-state index in [0.29, 0.717) is 5.56 Å². The van der Waals surface area contributed by atoms with Crippen LogP contribution in [0.4, 0.5) is 0 Å². The van der Waals surface area contributed by atoms with Gasteiger partial charge < -0.3 is 9.84 Å². The van der Waals surface area contributed by atoms with E-state index in [1.165, 1.54) is 0 Å². The molecule has 1 atom stereocenters. The molecule has 70 valence electrons. The number of carbonyl (C=O) groups is 1. The standard InChI is InChI=1S/C10H12O3/c1-8(11)7-13-10(12)9-5-3-2-4-6-9/h2-6,8,11H,7H2,1H3/t8-/m1/s1. The molecule has 0 aliphatic carbocycles. The minimum absolute atomic E-state index is 0.0354. The largest absolute Gasteiger partial charge is 0.459 e. The van der Waals surface area contributed by atoms with Crippen LogP contribution >= 0.6 is 0 Å². The third-order valence-corrected chi connectivity index (χ3v) is 1.47. The van der Waals surface area contributed by atoms with E-state index in [-0.39, 0.29) is 6.61 Å². The number of ether oxygens (including phenoxy) is 1. The van der Waals surface area contributed by atoms with Gasteiger partial charge in [-0.3, -0.25) is 0 Å². The SMILES string of the molecule is C[C@@H](O)COC(=O)c1ccccc1. The Morgan fingerprint density at radius 1 is 1.46 bits per heavy atom. The Kier molecular flexibility index (Phi) is 3.46. The molecule has 0 aliphatic heterocycles. The number of carbonyl (C=O) groups excluding carboxylic acids is 1. The first-order chi connectivity index (χ1) is 6.20. The summed E-state index contributed by atoms with van der Waals surface area (Å²) in [4.78, 5) is 11.2. The highest BCUT2D eigenvalue weighted by Gasteiger charge is 2.06. The molecule has 1 rings (SSSR count). The lowest BCUT2D eigenvalue weighted by Crippen LogP contribution is -2.15. The second kappa shape index (κ2) is 4.62. The van der Waals surface area contributed by atoms with Gasteiger partial charge in [0.1, 0.15) is 6.61 Å². The summed E-state index contributed by atoms with van der Waals surface area (Å²) in [5.41, 5.74) is 0.503. The van der Waals surface area contributed by atoms with E-state index in [1.807, 2.05) is 6.07 Å². The summed E-state index contributed by atoms with van der Waals surface area (Å²) in [7, 11) is 0. The topological polar surface area (TPSA) is 46.5 Å². The number of benzene rings is 1. The van der Waals surface area contributed by atoms with Gasteiger partial charge in [-0.15, -0.1) is 0 Å². The van der Waals surface area contributed by atoms with Crippen LogP contribution in [0.25, 0.3) is 0 Å². The maximum atomic E-state index is 11.2. The molecule has 13 heavy (non-hydrogen) atoms. The van der Waals surface area contributed by atoms with Gasteiger partial charge in [0.2, 0.25) is 0 Å². The zero-order valence-corrected chi connectivity index (χ0v) is 7.43. The van der Waals surface area contributed by atoms with Crippen LogP contribution < -0.4 is 0 Å². The molecule has 0 saturated carbocycles. The zero-order chi connectivity index (χ0) is 9.68. The van der Waals surface area contributed by atoms with Crippen molar-refractivity contribution < 1.29 is 14.6 Å². The maximum absolute atomic E-state index is 11.2. The van der Waals surface area contributed by atoms with E-state index in [4.69, 9.17) is 9.84 Å². The fourth-order valence-electron chi connectivity index (χ4n) is 0.854. The Morgan fingerprint density at radius 3 is 2.62 bits per heavy atom. The number of hydrogen-bond acceptors (Lipinski definition) is 3. The van der Waals surface area contributed by atoms with Gasteiger partial charge in [0, 0.05) is 0 Å². The Morgan fingerprint density at radius 2 is 2.08 bits per heavy atom. The van der Waals surface area contributed by atoms with Crippen LogP contribution in [-0.4, -0.2) is 23.8 Å². The van der Waals surface area contributed by atoms with Gasteiger partial charge in [-0.25, -0.2) is 4.79 Å². The molecular weight excluding hydrogens is 168 g/mol. The van der Waals surface area contributed by atoms with Crippen LogP contribution in [0.3, 0.4) is 0 Å². The van der Waals surface area contributed by atoms with Crippen molar-refractivity contribution in [2.24, 2.45) is 0 Å². The van der Waals surface area contributed by atoms with Crippen molar-refractivity contribution in [3.8, 4) is 0 Å². The smallest absolute Gasteiger partial charge is 0.338 e. The second-order valence-electron chi connectivity index (χ2n) is 2.81. The molecule has 0 fully saturated rings. The number of esters is 1. The van der Waals surface area contributed by atoms with Gasteiger partial charge in [0.15, 0.2) is 0 Å². The molecule has 3 heteroatoms. The van der Waals surface area contributed by atoms with Crippen molar-refractivity contribution in [1.29, 1.82) is 0 Å². The molecule has 0 heterocycles. The highest BCUT2D eigenvalue weighted by molar-refractivity contribution is 5.89. The molecule has 0 aromatic heterocycles. The van der Waals surface area contributed by atoms with Crippen LogP contribution in [-0.2, 0) is 4.74 Å². The molecule has 0 radical (unpaired) electrons. The van der Waals surface area contributed by atoms with E-state index >= 15 is 0 Å². The van der Waals surface area contributed by atoms with Gasteiger partial charge in [0.25, 0.3) is 0 Å². The lowest BCUT2D eigenvalue weighted by Gasteiger charge is -2.05. The molecule has 0 saturated heterocycles. The third-order valence-electron chi connectivity index (χ3n) is 1.47. The minimum atomic E-state index is -0.618. The molecule has 0 bridgehead atoms. The van der Waals surface area contributed by atoms with E-state index in [9.17, 15) is 4.79 Å².